The minimum Gasteiger partial charge on any atom is -0.353 e. The molecule has 1 aromatic heterocycles. The van der Waals surface area contributed by atoms with Crippen LogP contribution in [0.3, 0.4) is 0 Å². The molecular formula is C16H25N3O. The summed E-state index contributed by atoms with van der Waals surface area (Å²) < 4.78 is 0. The normalized spacial score (nSPS) is 29.8. The Morgan fingerprint density at radius 2 is 2.10 bits per heavy atom. The molecule has 3 atom stereocenters. The van der Waals surface area contributed by atoms with Crippen molar-refractivity contribution in [2.45, 2.75) is 64.8 Å². The van der Waals surface area contributed by atoms with Crippen LogP contribution in [0.2, 0.25) is 0 Å². The van der Waals surface area contributed by atoms with Gasteiger partial charge >= 0.3 is 0 Å². The first kappa shape index (κ1) is 13.7. The predicted molar refractivity (Wildman–Crippen MR) is 78.4 cm³/mol. The summed E-state index contributed by atoms with van der Waals surface area (Å²) in [6.07, 6.45) is 7.65. The minimum absolute atomic E-state index is 0.122. The van der Waals surface area contributed by atoms with Crippen LogP contribution in [0.1, 0.15) is 56.2 Å². The fourth-order valence-corrected chi connectivity index (χ4v) is 3.68. The molecule has 1 heterocycles. The Morgan fingerprint density at radius 3 is 2.90 bits per heavy atom. The molecule has 2 aliphatic carbocycles. The molecule has 1 fully saturated rings. The topological polar surface area (TPSA) is 57.8 Å². The fraction of sp³-hybridized carbons (Fsp3) is 0.750. The number of carbonyl (C=O) groups is 1. The summed E-state index contributed by atoms with van der Waals surface area (Å²) in [4.78, 5) is 20.3. The van der Waals surface area contributed by atoms with Crippen molar-refractivity contribution in [1.82, 2.24) is 15.3 Å². The van der Waals surface area contributed by atoms with E-state index in [1.54, 1.807) is 0 Å². The predicted octanol–water partition coefficient (Wildman–Crippen LogP) is 2.52. The second-order valence-corrected chi connectivity index (χ2v) is 6.56. The number of carbonyl (C=O) groups excluding carboxylic acids is 1. The van der Waals surface area contributed by atoms with Gasteiger partial charge in [0.15, 0.2) is 0 Å². The van der Waals surface area contributed by atoms with E-state index in [1.165, 1.54) is 25.0 Å². The smallest absolute Gasteiger partial charge is 0.223 e. The lowest BCUT2D eigenvalue weighted by molar-refractivity contribution is -0.126. The van der Waals surface area contributed by atoms with E-state index in [4.69, 9.17) is 0 Å². The molecule has 1 amide bonds. The van der Waals surface area contributed by atoms with Crippen molar-refractivity contribution in [2.24, 2.45) is 11.8 Å². The molecule has 4 nitrogen and oxygen atoms in total. The standard InChI is InChI=1S/C16H25N3O/c1-10-5-3-4-6-13(10)19-16(20)12-7-8-14-15(9-12)18-11(2)17-14/h10,12-13H,3-9H2,1-2H3,(H,17,18)(H,19,20). The quantitative estimate of drug-likeness (QED) is 0.871. The molecule has 0 aliphatic heterocycles. The molecule has 110 valence electrons. The van der Waals surface area contributed by atoms with E-state index in [9.17, 15) is 4.79 Å². The van der Waals surface area contributed by atoms with E-state index in [0.29, 0.717) is 12.0 Å². The summed E-state index contributed by atoms with van der Waals surface area (Å²) >= 11 is 0. The highest BCUT2D eigenvalue weighted by atomic mass is 16.1. The Balaban J connectivity index is 1.61. The first-order valence-electron chi connectivity index (χ1n) is 7.98. The Morgan fingerprint density at radius 1 is 1.30 bits per heavy atom. The van der Waals surface area contributed by atoms with Crippen LogP contribution >= 0.6 is 0 Å². The monoisotopic (exact) mass is 275 g/mol. The summed E-state index contributed by atoms with van der Waals surface area (Å²) in [7, 11) is 0. The summed E-state index contributed by atoms with van der Waals surface area (Å²) in [6.45, 7) is 4.25. The molecule has 4 heteroatoms. The van der Waals surface area contributed by atoms with Gasteiger partial charge in [0.2, 0.25) is 5.91 Å². The molecule has 0 bridgehead atoms. The second kappa shape index (κ2) is 5.58. The molecule has 0 saturated heterocycles. The number of imidazole rings is 1. The molecule has 20 heavy (non-hydrogen) atoms. The lowest BCUT2D eigenvalue weighted by Crippen LogP contribution is -2.44. The van der Waals surface area contributed by atoms with Crippen molar-refractivity contribution in [1.29, 1.82) is 0 Å². The van der Waals surface area contributed by atoms with E-state index in [1.807, 2.05) is 6.92 Å². The molecule has 1 saturated carbocycles. The maximum Gasteiger partial charge on any atom is 0.223 e. The zero-order valence-electron chi connectivity index (χ0n) is 12.5. The molecule has 3 rings (SSSR count). The molecule has 0 radical (unpaired) electrons. The van der Waals surface area contributed by atoms with Crippen molar-refractivity contribution in [2.75, 3.05) is 0 Å². The number of fused-ring (bicyclic) bond motifs is 1. The molecule has 0 spiro atoms. The largest absolute Gasteiger partial charge is 0.353 e. The number of amides is 1. The van der Waals surface area contributed by atoms with Crippen LogP contribution in [0.25, 0.3) is 0 Å². The van der Waals surface area contributed by atoms with Crippen molar-refractivity contribution in [3.8, 4) is 0 Å². The van der Waals surface area contributed by atoms with Gasteiger partial charge in [0.1, 0.15) is 5.82 Å². The van der Waals surface area contributed by atoms with Gasteiger partial charge < -0.3 is 10.3 Å². The highest BCUT2D eigenvalue weighted by molar-refractivity contribution is 5.79. The SMILES string of the molecule is Cc1nc2c([nH]1)CC(C(=O)NC1CCCCC1C)CC2. The van der Waals surface area contributed by atoms with Gasteiger partial charge in [-0.25, -0.2) is 4.98 Å². The number of aryl methyl sites for hydroxylation is 2. The van der Waals surface area contributed by atoms with Crippen LogP contribution in [-0.2, 0) is 17.6 Å². The molecule has 2 aliphatic rings. The third kappa shape index (κ3) is 2.74. The number of H-pyrrole nitrogens is 1. The average Bonchev–Trinajstić information content (AvgIpc) is 2.80. The maximum absolute atomic E-state index is 12.5. The van der Waals surface area contributed by atoms with Gasteiger partial charge in [-0.3, -0.25) is 4.79 Å². The maximum atomic E-state index is 12.5. The van der Waals surface area contributed by atoms with Gasteiger partial charge in [0.05, 0.1) is 5.69 Å². The number of hydrogen-bond acceptors (Lipinski definition) is 2. The van der Waals surface area contributed by atoms with Crippen LogP contribution < -0.4 is 5.32 Å². The zero-order valence-corrected chi connectivity index (χ0v) is 12.5. The Bertz CT molecular complexity index is 494. The van der Waals surface area contributed by atoms with Crippen LogP contribution in [0.4, 0.5) is 0 Å². The summed E-state index contributed by atoms with van der Waals surface area (Å²) in [5, 5.41) is 3.30. The Hall–Kier alpha value is -1.32. The van der Waals surface area contributed by atoms with Crippen LogP contribution in [0.15, 0.2) is 0 Å². The lowest BCUT2D eigenvalue weighted by Gasteiger charge is -2.31. The fourth-order valence-electron chi connectivity index (χ4n) is 3.68. The average molecular weight is 275 g/mol. The first-order valence-corrected chi connectivity index (χ1v) is 7.98. The molecular weight excluding hydrogens is 250 g/mol. The highest BCUT2D eigenvalue weighted by Gasteiger charge is 2.30. The van der Waals surface area contributed by atoms with Gasteiger partial charge in [0.25, 0.3) is 0 Å². The van der Waals surface area contributed by atoms with E-state index >= 15 is 0 Å². The summed E-state index contributed by atoms with van der Waals surface area (Å²) in [5.41, 5.74) is 2.34. The Kier molecular flexibility index (Phi) is 3.81. The second-order valence-electron chi connectivity index (χ2n) is 6.56. The number of nitrogens with zero attached hydrogens (tertiary/aromatic N) is 1. The lowest BCUT2D eigenvalue weighted by atomic mass is 9.84. The number of aromatic amines is 1. The number of rotatable bonds is 2. The van der Waals surface area contributed by atoms with E-state index < -0.39 is 0 Å². The molecule has 2 N–H and O–H groups in total. The molecule has 3 unspecified atom stereocenters. The number of aromatic nitrogens is 2. The first-order chi connectivity index (χ1) is 9.63. The van der Waals surface area contributed by atoms with Crippen molar-refractivity contribution < 1.29 is 4.79 Å². The van der Waals surface area contributed by atoms with Crippen LogP contribution in [-0.4, -0.2) is 21.9 Å². The highest BCUT2D eigenvalue weighted by Crippen LogP contribution is 2.27. The van der Waals surface area contributed by atoms with Crippen molar-refractivity contribution >= 4 is 5.91 Å². The van der Waals surface area contributed by atoms with Gasteiger partial charge in [-0.2, -0.15) is 0 Å². The van der Waals surface area contributed by atoms with Crippen LogP contribution in [0, 0.1) is 18.8 Å². The summed E-state index contributed by atoms with van der Waals surface area (Å²) in [6, 6.07) is 0.390. The van der Waals surface area contributed by atoms with Gasteiger partial charge in [-0.15, -0.1) is 0 Å². The van der Waals surface area contributed by atoms with E-state index in [2.05, 4.69) is 22.2 Å². The Labute approximate surface area is 120 Å². The van der Waals surface area contributed by atoms with Gasteiger partial charge in [-0.05, 0) is 38.5 Å². The molecule has 1 aromatic rings. The van der Waals surface area contributed by atoms with Crippen molar-refractivity contribution in [3.05, 3.63) is 17.2 Å². The van der Waals surface area contributed by atoms with Gasteiger partial charge in [-0.1, -0.05) is 19.8 Å². The molecule has 0 aromatic carbocycles. The van der Waals surface area contributed by atoms with E-state index in [-0.39, 0.29) is 11.8 Å². The summed E-state index contributed by atoms with van der Waals surface area (Å²) in [5.74, 6) is 1.97. The van der Waals surface area contributed by atoms with Crippen LogP contribution in [0.5, 0.6) is 0 Å². The van der Waals surface area contributed by atoms with Crippen molar-refractivity contribution in [3.63, 3.8) is 0 Å². The zero-order chi connectivity index (χ0) is 14.1. The third-order valence-electron chi connectivity index (χ3n) is 4.97. The van der Waals surface area contributed by atoms with E-state index in [0.717, 1.165) is 37.2 Å². The van der Waals surface area contributed by atoms with Gasteiger partial charge in [0, 0.05) is 24.1 Å². The number of nitrogens with one attached hydrogen (secondary N) is 2. The minimum atomic E-state index is 0.122. The number of hydrogen-bond donors (Lipinski definition) is 2. The third-order valence-corrected chi connectivity index (χ3v) is 4.97.